The Morgan fingerprint density at radius 2 is 1.83 bits per heavy atom. The Balaban J connectivity index is 1.21. The summed E-state index contributed by atoms with van der Waals surface area (Å²) in [5.41, 5.74) is 4.77. The van der Waals surface area contributed by atoms with E-state index >= 15 is 0 Å². The third-order valence-corrected chi connectivity index (χ3v) is 7.02. The maximum Gasteiger partial charge on any atom is 0.407 e. The largest absolute Gasteiger partial charge is 0.449 e. The fraction of sp³-hybridized carbons (Fsp3) is 0.370. The van der Waals surface area contributed by atoms with Crippen LogP contribution in [0.25, 0.3) is 11.1 Å². The molecule has 2 heterocycles. The van der Waals surface area contributed by atoms with Crippen LogP contribution in [0.2, 0.25) is 0 Å². The van der Waals surface area contributed by atoms with Crippen molar-refractivity contribution in [1.82, 2.24) is 15.3 Å². The van der Waals surface area contributed by atoms with Gasteiger partial charge in [-0.1, -0.05) is 48.5 Å². The molecule has 2 aliphatic rings. The molecule has 2 atom stereocenters. The van der Waals surface area contributed by atoms with E-state index in [0.29, 0.717) is 19.5 Å². The molecule has 0 saturated carbocycles. The maximum absolute atomic E-state index is 12.6. The fourth-order valence-corrected chi connectivity index (χ4v) is 5.08. The lowest BCUT2D eigenvalue weighted by atomic mass is 9.98. The quantitative estimate of drug-likeness (QED) is 0.543. The lowest BCUT2D eigenvalue weighted by molar-refractivity contribution is 0.142. The van der Waals surface area contributed by atoms with Gasteiger partial charge in [0.25, 0.3) is 0 Å². The van der Waals surface area contributed by atoms with Gasteiger partial charge >= 0.3 is 6.09 Å². The molecule has 0 unspecified atom stereocenters. The third-order valence-electron chi connectivity index (χ3n) is 7.02. The Bertz CT molecular complexity index is 1160. The van der Waals surface area contributed by atoms with Crippen molar-refractivity contribution in [3.63, 3.8) is 0 Å². The molecule has 1 fully saturated rings. The number of fused-ring (bicyclic) bond motifs is 3. The molecular weight excluding hydrogens is 442 g/mol. The molecule has 2 aromatic carbocycles. The number of hydrogen-bond donors (Lipinski definition) is 2. The van der Waals surface area contributed by atoms with Crippen molar-refractivity contribution >= 4 is 17.7 Å². The van der Waals surface area contributed by atoms with Crippen molar-refractivity contribution in [3.8, 4) is 11.1 Å². The minimum atomic E-state index is -0.480. The van der Waals surface area contributed by atoms with Crippen molar-refractivity contribution in [2.75, 3.05) is 43.1 Å². The van der Waals surface area contributed by atoms with Crippen LogP contribution in [0.3, 0.4) is 0 Å². The fourth-order valence-electron chi connectivity index (χ4n) is 5.08. The molecule has 5 rings (SSSR count). The van der Waals surface area contributed by atoms with E-state index in [1.54, 1.807) is 0 Å². The molecular formula is C27H31N5O3. The lowest BCUT2D eigenvalue weighted by Gasteiger charge is -2.26. The van der Waals surface area contributed by atoms with E-state index in [1.807, 2.05) is 47.2 Å². The number of carbonyl (C=O) groups excluding carboxylic acids is 1. The van der Waals surface area contributed by atoms with E-state index in [1.165, 1.54) is 28.6 Å². The highest BCUT2D eigenvalue weighted by Gasteiger charge is 2.33. The van der Waals surface area contributed by atoms with E-state index in [4.69, 9.17) is 4.74 Å². The summed E-state index contributed by atoms with van der Waals surface area (Å²) in [5, 5.41) is 13.2. The average Bonchev–Trinajstić information content (AvgIpc) is 3.43. The monoisotopic (exact) mass is 473 g/mol. The highest BCUT2D eigenvalue weighted by molar-refractivity contribution is 5.79. The summed E-state index contributed by atoms with van der Waals surface area (Å²) in [5.74, 6) is 1.58. The Hall–Kier alpha value is -3.65. The first-order valence-electron chi connectivity index (χ1n) is 12.1. The van der Waals surface area contributed by atoms with E-state index < -0.39 is 12.2 Å². The van der Waals surface area contributed by atoms with Gasteiger partial charge in [0.1, 0.15) is 24.6 Å². The molecule has 1 saturated heterocycles. The van der Waals surface area contributed by atoms with Crippen LogP contribution < -0.4 is 15.1 Å². The SMILES string of the molecule is CCN(C)c1cc(N2C[C@H](O)C[C@@H]2CNC(=O)OCC2c3ccccc3-c3ccccc32)ncn1. The van der Waals surface area contributed by atoms with Crippen LogP contribution in [0.4, 0.5) is 16.4 Å². The summed E-state index contributed by atoms with van der Waals surface area (Å²) in [6.07, 6.45) is 1.15. The van der Waals surface area contributed by atoms with Gasteiger partial charge in [-0.2, -0.15) is 0 Å². The van der Waals surface area contributed by atoms with Gasteiger partial charge in [0, 0.05) is 38.7 Å². The van der Waals surface area contributed by atoms with Crippen LogP contribution in [0.5, 0.6) is 0 Å². The van der Waals surface area contributed by atoms with Crippen LogP contribution in [-0.4, -0.2) is 66.6 Å². The van der Waals surface area contributed by atoms with Crippen LogP contribution in [-0.2, 0) is 4.74 Å². The van der Waals surface area contributed by atoms with Gasteiger partial charge < -0.3 is 25.0 Å². The topological polar surface area (TPSA) is 90.8 Å². The predicted molar refractivity (Wildman–Crippen MR) is 136 cm³/mol. The van der Waals surface area contributed by atoms with E-state index in [9.17, 15) is 9.90 Å². The Morgan fingerprint density at radius 1 is 1.14 bits per heavy atom. The summed E-state index contributed by atoms with van der Waals surface area (Å²) < 4.78 is 5.67. The maximum atomic E-state index is 12.6. The zero-order chi connectivity index (χ0) is 24.4. The molecule has 1 aliphatic carbocycles. The van der Waals surface area contributed by atoms with Gasteiger partial charge in [-0.25, -0.2) is 14.8 Å². The number of ether oxygens (including phenoxy) is 1. The summed E-state index contributed by atoms with van der Waals surface area (Å²) in [4.78, 5) is 25.4. The standard InChI is InChI=1S/C27H31N5O3/c1-3-31(2)25-13-26(30-17-29-25)32-15-19(33)12-18(32)14-28-27(34)35-16-24-22-10-6-4-8-20(22)21-9-5-7-11-23(21)24/h4-11,13,17-19,24,33H,3,12,14-16H2,1-2H3,(H,28,34)/t18-,19-/m1/s1. The molecule has 0 radical (unpaired) electrons. The molecule has 8 nitrogen and oxygen atoms in total. The Morgan fingerprint density at radius 3 is 2.51 bits per heavy atom. The highest BCUT2D eigenvalue weighted by atomic mass is 16.5. The van der Waals surface area contributed by atoms with Crippen LogP contribution >= 0.6 is 0 Å². The number of hydrogen-bond acceptors (Lipinski definition) is 7. The van der Waals surface area contributed by atoms with Crippen molar-refractivity contribution in [1.29, 1.82) is 0 Å². The second-order valence-electron chi connectivity index (χ2n) is 9.15. The molecule has 1 amide bonds. The predicted octanol–water partition coefficient (Wildman–Crippen LogP) is 3.41. The zero-order valence-electron chi connectivity index (χ0n) is 20.1. The number of aliphatic hydroxyl groups excluding tert-OH is 1. The molecule has 0 spiro atoms. The molecule has 2 N–H and O–H groups in total. The number of anilines is 2. The summed E-state index contributed by atoms with van der Waals surface area (Å²) in [7, 11) is 1.97. The zero-order valence-corrected chi connectivity index (χ0v) is 20.1. The number of aromatic nitrogens is 2. The minimum absolute atomic E-state index is 0.0212. The Kier molecular flexibility index (Phi) is 6.55. The number of amides is 1. The van der Waals surface area contributed by atoms with Gasteiger partial charge in [-0.3, -0.25) is 0 Å². The van der Waals surface area contributed by atoms with Gasteiger partial charge in [-0.15, -0.1) is 0 Å². The second-order valence-corrected chi connectivity index (χ2v) is 9.15. The van der Waals surface area contributed by atoms with Crippen molar-refractivity contribution in [2.24, 2.45) is 0 Å². The number of alkyl carbamates (subject to hydrolysis) is 1. The minimum Gasteiger partial charge on any atom is -0.449 e. The number of carbonyl (C=O) groups is 1. The molecule has 1 aliphatic heterocycles. The third kappa shape index (κ3) is 4.66. The van der Waals surface area contributed by atoms with Gasteiger partial charge in [0.2, 0.25) is 0 Å². The van der Waals surface area contributed by atoms with Crippen LogP contribution in [0.15, 0.2) is 60.9 Å². The van der Waals surface area contributed by atoms with Gasteiger partial charge in [-0.05, 0) is 35.6 Å². The van der Waals surface area contributed by atoms with E-state index in [0.717, 1.165) is 18.2 Å². The number of benzene rings is 2. The van der Waals surface area contributed by atoms with Gasteiger partial charge in [0.15, 0.2) is 0 Å². The smallest absolute Gasteiger partial charge is 0.407 e. The second kappa shape index (κ2) is 9.92. The van der Waals surface area contributed by atoms with Gasteiger partial charge in [0.05, 0.1) is 12.1 Å². The number of rotatable bonds is 7. The first kappa shape index (κ1) is 23.1. The number of aliphatic hydroxyl groups is 1. The lowest BCUT2D eigenvalue weighted by Crippen LogP contribution is -2.41. The number of nitrogens with one attached hydrogen (secondary N) is 1. The summed E-state index contributed by atoms with van der Waals surface area (Å²) in [6, 6.07) is 18.4. The molecule has 0 bridgehead atoms. The molecule has 182 valence electrons. The molecule has 8 heteroatoms. The molecule has 1 aromatic heterocycles. The number of nitrogens with zero attached hydrogens (tertiary/aromatic N) is 4. The number of β-amino-alcohol motifs (C(OH)–C–C–N with tert-alkyl or cyclic N) is 1. The van der Waals surface area contributed by atoms with E-state index in [2.05, 4.69) is 46.5 Å². The highest BCUT2D eigenvalue weighted by Crippen LogP contribution is 2.44. The molecule has 3 aromatic rings. The Labute approximate surface area is 205 Å². The first-order chi connectivity index (χ1) is 17.0. The van der Waals surface area contributed by atoms with E-state index in [-0.39, 0.29) is 18.6 Å². The normalized spacial score (nSPS) is 18.8. The van der Waals surface area contributed by atoms with Crippen LogP contribution in [0, 0.1) is 0 Å². The average molecular weight is 474 g/mol. The van der Waals surface area contributed by atoms with Crippen molar-refractivity contribution in [2.45, 2.75) is 31.4 Å². The van der Waals surface area contributed by atoms with Crippen molar-refractivity contribution in [3.05, 3.63) is 72.1 Å². The molecule has 35 heavy (non-hydrogen) atoms. The van der Waals surface area contributed by atoms with Crippen LogP contribution in [0.1, 0.15) is 30.4 Å². The summed E-state index contributed by atoms with van der Waals surface area (Å²) in [6.45, 7) is 3.98. The summed E-state index contributed by atoms with van der Waals surface area (Å²) >= 11 is 0. The first-order valence-corrected chi connectivity index (χ1v) is 12.1. The van der Waals surface area contributed by atoms with Crippen molar-refractivity contribution < 1.29 is 14.6 Å².